The lowest BCUT2D eigenvalue weighted by atomic mass is 10.4. The van der Waals surface area contributed by atoms with Gasteiger partial charge in [-0.15, -0.1) is 5.06 Å². The third-order valence-electron chi connectivity index (χ3n) is 1.11. The van der Waals surface area contributed by atoms with Crippen LogP contribution in [0.15, 0.2) is 0 Å². The largest absolute Gasteiger partial charge is 0.349 e. The molecular formula is C4H6N2O3. The molecule has 5 heteroatoms. The molecule has 1 saturated heterocycles. The summed E-state index contributed by atoms with van der Waals surface area (Å²) in [4.78, 5) is 20.8. The van der Waals surface area contributed by atoms with Gasteiger partial charge in [-0.3, -0.25) is 10.0 Å². The van der Waals surface area contributed by atoms with Gasteiger partial charge in [-0.05, 0) is 6.92 Å². The summed E-state index contributed by atoms with van der Waals surface area (Å²) >= 11 is 0. The zero-order valence-corrected chi connectivity index (χ0v) is 4.79. The van der Waals surface area contributed by atoms with Crippen LogP contribution in [-0.4, -0.2) is 28.3 Å². The van der Waals surface area contributed by atoms with Crippen molar-refractivity contribution in [2.24, 2.45) is 0 Å². The molecule has 9 heavy (non-hydrogen) atoms. The molecule has 5 nitrogen and oxygen atoms in total. The van der Waals surface area contributed by atoms with Gasteiger partial charge < -0.3 is 5.32 Å². The van der Waals surface area contributed by atoms with Crippen LogP contribution >= 0.6 is 0 Å². The average Bonchev–Trinajstić information content (AvgIpc) is 1.98. The second-order valence-corrected chi connectivity index (χ2v) is 1.82. The monoisotopic (exact) mass is 130 g/mol. The maximum absolute atomic E-state index is 10.5. The van der Waals surface area contributed by atoms with Gasteiger partial charge in [0.05, 0.1) is 0 Å². The number of nitrogens with one attached hydrogen (secondary N) is 1. The van der Waals surface area contributed by atoms with Crippen molar-refractivity contribution < 1.29 is 14.8 Å². The van der Waals surface area contributed by atoms with Gasteiger partial charge >= 0.3 is 6.03 Å². The average molecular weight is 130 g/mol. The van der Waals surface area contributed by atoms with Crippen LogP contribution in [-0.2, 0) is 4.79 Å². The molecule has 0 aromatic heterocycles. The van der Waals surface area contributed by atoms with Gasteiger partial charge in [0.25, 0.3) is 5.91 Å². The summed E-state index contributed by atoms with van der Waals surface area (Å²) in [5.74, 6) is -0.611. The molecular weight excluding hydrogens is 124 g/mol. The lowest BCUT2D eigenvalue weighted by Crippen LogP contribution is -2.26. The Morgan fingerprint density at radius 1 is 1.67 bits per heavy atom. The number of nitrogens with zero attached hydrogens (tertiary/aromatic N) is 1. The first kappa shape index (κ1) is 6.03. The molecule has 0 saturated carbocycles. The first-order valence-electron chi connectivity index (χ1n) is 2.46. The summed E-state index contributed by atoms with van der Waals surface area (Å²) in [6.45, 7) is 1.50. The second-order valence-electron chi connectivity index (χ2n) is 1.82. The van der Waals surface area contributed by atoms with Crippen LogP contribution < -0.4 is 5.32 Å². The molecule has 0 aromatic carbocycles. The van der Waals surface area contributed by atoms with E-state index >= 15 is 0 Å². The molecule has 1 fully saturated rings. The lowest BCUT2D eigenvalue weighted by Gasteiger charge is -1.97. The lowest BCUT2D eigenvalue weighted by molar-refractivity contribution is -0.148. The first-order chi connectivity index (χ1) is 4.13. The van der Waals surface area contributed by atoms with E-state index in [0.717, 1.165) is 0 Å². The van der Waals surface area contributed by atoms with E-state index in [0.29, 0.717) is 0 Å². The maximum Gasteiger partial charge on any atom is 0.349 e. The van der Waals surface area contributed by atoms with Crippen molar-refractivity contribution in [3.63, 3.8) is 0 Å². The fourth-order valence-corrected chi connectivity index (χ4v) is 0.592. The Balaban J connectivity index is 2.77. The van der Waals surface area contributed by atoms with Crippen molar-refractivity contribution in [3.8, 4) is 0 Å². The molecule has 2 N–H and O–H groups in total. The number of hydroxylamine groups is 2. The minimum absolute atomic E-state index is 0.0741. The molecule has 50 valence electrons. The number of carbonyl (C=O) groups is 2. The van der Waals surface area contributed by atoms with Gasteiger partial charge in [0.2, 0.25) is 0 Å². The molecule has 1 heterocycles. The number of amides is 3. The zero-order valence-electron chi connectivity index (χ0n) is 4.79. The van der Waals surface area contributed by atoms with Gasteiger partial charge in [-0.25, -0.2) is 4.79 Å². The molecule has 1 atom stereocenters. The quantitative estimate of drug-likeness (QED) is 0.337. The number of urea groups is 1. The molecule has 0 radical (unpaired) electrons. The normalized spacial score (nSPS) is 26.9. The summed E-state index contributed by atoms with van der Waals surface area (Å²) in [5.41, 5.74) is 0. The summed E-state index contributed by atoms with van der Waals surface area (Å²) in [6.07, 6.45) is 0. The standard InChI is InChI=1S/C4H6N2O3/c1-2-3(7)6(9)4(8)5-2/h2,9H,1H3,(H,5,8)/t2-/m0/s1. The summed E-state index contributed by atoms with van der Waals surface area (Å²) < 4.78 is 0. The van der Waals surface area contributed by atoms with Gasteiger partial charge in [-0.1, -0.05) is 0 Å². The first-order valence-corrected chi connectivity index (χ1v) is 2.46. The van der Waals surface area contributed by atoms with Crippen molar-refractivity contribution in [1.82, 2.24) is 10.4 Å². The van der Waals surface area contributed by atoms with E-state index in [9.17, 15) is 9.59 Å². The summed E-state index contributed by atoms with van der Waals surface area (Å²) in [6, 6.07) is -1.35. The minimum atomic E-state index is -0.757. The Labute approximate surface area is 51.2 Å². The molecule has 1 aliphatic rings. The Hall–Kier alpha value is -1.10. The third kappa shape index (κ3) is 0.746. The van der Waals surface area contributed by atoms with Crippen molar-refractivity contribution >= 4 is 11.9 Å². The van der Waals surface area contributed by atoms with Gasteiger partial charge in [0.1, 0.15) is 6.04 Å². The highest BCUT2D eigenvalue weighted by molar-refractivity contribution is 6.02. The summed E-state index contributed by atoms with van der Waals surface area (Å²) in [5, 5.41) is 10.8. The van der Waals surface area contributed by atoms with Crippen LogP contribution in [0.3, 0.4) is 0 Å². The van der Waals surface area contributed by atoms with E-state index in [1.54, 1.807) is 0 Å². The Morgan fingerprint density at radius 2 is 2.22 bits per heavy atom. The fraction of sp³-hybridized carbons (Fsp3) is 0.500. The number of hydrogen-bond donors (Lipinski definition) is 2. The molecule has 0 unspecified atom stereocenters. The molecule has 1 rings (SSSR count). The highest BCUT2D eigenvalue weighted by atomic mass is 16.5. The predicted molar refractivity (Wildman–Crippen MR) is 26.6 cm³/mol. The number of hydrogen-bond acceptors (Lipinski definition) is 3. The minimum Gasteiger partial charge on any atom is -0.324 e. The van der Waals surface area contributed by atoms with Gasteiger partial charge in [0, 0.05) is 0 Å². The molecule has 0 bridgehead atoms. The van der Waals surface area contributed by atoms with E-state index in [1.165, 1.54) is 6.92 Å². The van der Waals surface area contributed by atoms with E-state index in [1.807, 2.05) is 0 Å². The maximum atomic E-state index is 10.5. The number of rotatable bonds is 0. The SMILES string of the molecule is C[C@@H]1NC(=O)N(O)C1=O. The van der Waals surface area contributed by atoms with E-state index < -0.39 is 18.0 Å². The molecule has 0 spiro atoms. The topological polar surface area (TPSA) is 69.6 Å². The molecule has 0 aromatic rings. The van der Waals surface area contributed by atoms with Crippen LogP contribution in [0, 0.1) is 0 Å². The predicted octanol–water partition coefficient (Wildman–Crippen LogP) is -0.684. The fourth-order valence-electron chi connectivity index (χ4n) is 0.592. The van der Waals surface area contributed by atoms with Gasteiger partial charge in [0.15, 0.2) is 0 Å². The third-order valence-corrected chi connectivity index (χ3v) is 1.11. The van der Waals surface area contributed by atoms with Crippen LogP contribution in [0.25, 0.3) is 0 Å². The van der Waals surface area contributed by atoms with Crippen LogP contribution in [0.5, 0.6) is 0 Å². The van der Waals surface area contributed by atoms with Crippen LogP contribution in [0.2, 0.25) is 0 Å². The van der Waals surface area contributed by atoms with Crippen molar-refractivity contribution in [2.75, 3.05) is 0 Å². The van der Waals surface area contributed by atoms with Crippen LogP contribution in [0.1, 0.15) is 6.92 Å². The molecule has 3 amide bonds. The second kappa shape index (κ2) is 1.70. The van der Waals surface area contributed by atoms with Crippen molar-refractivity contribution in [3.05, 3.63) is 0 Å². The zero-order chi connectivity index (χ0) is 7.02. The van der Waals surface area contributed by atoms with Gasteiger partial charge in [-0.2, -0.15) is 0 Å². The van der Waals surface area contributed by atoms with Crippen LogP contribution in [0.4, 0.5) is 4.79 Å². The molecule has 0 aliphatic carbocycles. The van der Waals surface area contributed by atoms with E-state index in [4.69, 9.17) is 5.21 Å². The Bertz CT molecular complexity index is 167. The highest BCUT2D eigenvalue weighted by Crippen LogP contribution is 2.00. The van der Waals surface area contributed by atoms with Crippen molar-refractivity contribution in [2.45, 2.75) is 13.0 Å². The Kier molecular flexibility index (Phi) is 1.14. The highest BCUT2D eigenvalue weighted by Gasteiger charge is 2.33. The van der Waals surface area contributed by atoms with Crippen molar-refractivity contribution in [1.29, 1.82) is 0 Å². The molecule has 1 aliphatic heterocycles. The van der Waals surface area contributed by atoms with E-state index in [-0.39, 0.29) is 5.06 Å². The number of carbonyl (C=O) groups excluding carboxylic acids is 2. The Morgan fingerprint density at radius 3 is 2.33 bits per heavy atom. The smallest absolute Gasteiger partial charge is 0.324 e. The number of imide groups is 1. The summed E-state index contributed by atoms with van der Waals surface area (Å²) in [7, 11) is 0. The van der Waals surface area contributed by atoms with E-state index in [2.05, 4.69) is 5.32 Å².